The van der Waals surface area contributed by atoms with Crippen molar-refractivity contribution in [2.45, 2.75) is 52.4 Å². The molecule has 170 valence electrons. The summed E-state index contributed by atoms with van der Waals surface area (Å²) in [6.07, 6.45) is -0.384. The Hall–Kier alpha value is -2.87. The standard InChI is InChI=1S/C24H29FN4O2S/c1-15(2)13-29-23(18(5)31-21-8-6-19(25)7-9-21)27-28-24(29)32-14-22(30)26-20-11-16(3)10-17(4)12-20/h6-12,15,18H,13-14H2,1-5H3,(H,26,30). The third-order valence-electron chi connectivity index (χ3n) is 4.62. The normalized spacial score (nSPS) is 12.1. The van der Waals surface area contributed by atoms with Crippen LogP contribution in [-0.2, 0) is 11.3 Å². The lowest BCUT2D eigenvalue weighted by molar-refractivity contribution is -0.113. The minimum atomic E-state index is -0.384. The molecule has 1 unspecified atom stereocenters. The van der Waals surface area contributed by atoms with Gasteiger partial charge in [0.25, 0.3) is 0 Å². The molecule has 0 aliphatic rings. The van der Waals surface area contributed by atoms with E-state index in [1.165, 1.54) is 23.9 Å². The van der Waals surface area contributed by atoms with Gasteiger partial charge in [-0.1, -0.05) is 31.7 Å². The molecule has 1 amide bonds. The maximum Gasteiger partial charge on any atom is 0.234 e. The van der Waals surface area contributed by atoms with E-state index < -0.39 is 0 Å². The van der Waals surface area contributed by atoms with Crippen molar-refractivity contribution < 1.29 is 13.9 Å². The van der Waals surface area contributed by atoms with Crippen molar-refractivity contribution in [2.24, 2.45) is 5.92 Å². The lowest BCUT2D eigenvalue weighted by Gasteiger charge is -2.17. The second kappa shape index (κ2) is 10.6. The van der Waals surface area contributed by atoms with Gasteiger partial charge in [-0.05, 0) is 74.2 Å². The summed E-state index contributed by atoms with van der Waals surface area (Å²) in [5.74, 6) is 1.38. The molecule has 0 spiro atoms. The topological polar surface area (TPSA) is 69.0 Å². The highest BCUT2D eigenvalue weighted by Gasteiger charge is 2.21. The molecule has 1 heterocycles. The van der Waals surface area contributed by atoms with E-state index in [9.17, 15) is 9.18 Å². The number of hydrogen-bond acceptors (Lipinski definition) is 5. The second-order valence-corrected chi connectivity index (χ2v) is 9.21. The van der Waals surface area contributed by atoms with E-state index in [0.29, 0.717) is 29.2 Å². The average molecular weight is 457 g/mol. The fourth-order valence-corrected chi connectivity index (χ4v) is 4.14. The number of nitrogens with one attached hydrogen (secondary N) is 1. The fourth-order valence-electron chi connectivity index (χ4n) is 3.39. The van der Waals surface area contributed by atoms with Crippen LogP contribution in [0.5, 0.6) is 5.75 Å². The van der Waals surface area contributed by atoms with Crippen LogP contribution < -0.4 is 10.1 Å². The third kappa shape index (κ3) is 6.56. The van der Waals surface area contributed by atoms with Gasteiger partial charge in [0.05, 0.1) is 5.75 Å². The molecular weight excluding hydrogens is 427 g/mol. The van der Waals surface area contributed by atoms with Crippen LogP contribution in [0.2, 0.25) is 0 Å². The fraction of sp³-hybridized carbons (Fsp3) is 0.375. The van der Waals surface area contributed by atoms with Crippen LogP contribution in [0.4, 0.5) is 10.1 Å². The summed E-state index contributed by atoms with van der Waals surface area (Å²) in [5, 5.41) is 12.3. The van der Waals surface area contributed by atoms with Crippen molar-refractivity contribution in [1.29, 1.82) is 0 Å². The highest BCUT2D eigenvalue weighted by molar-refractivity contribution is 7.99. The number of aryl methyl sites for hydroxylation is 2. The first kappa shape index (κ1) is 23.8. The van der Waals surface area contributed by atoms with Crippen LogP contribution in [0.15, 0.2) is 47.6 Å². The Bertz CT molecular complexity index is 1050. The average Bonchev–Trinajstić information content (AvgIpc) is 3.09. The van der Waals surface area contributed by atoms with E-state index in [4.69, 9.17) is 4.74 Å². The molecular formula is C24H29FN4O2S. The van der Waals surface area contributed by atoms with Crippen molar-refractivity contribution in [3.63, 3.8) is 0 Å². The van der Waals surface area contributed by atoms with Crippen LogP contribution >= 0.6 is 11.8 Å². The minimum Gasteiger partial charge on any atom is -0.483 e. The molecule has 1 aromatic heterocycles. The number of amides is 1. The summed E-state index contributed by atoms with van der Waals surface area (Å²) in [7, 11) is 0. The number of rotatable bonds is 9. The van der Waals surface area contributed by atoms with Crippen molar-refractivity contribution >= 4 is 23.4 Å². The molecule has 3 aromatic rings. The Morgan fingerprint density at radius 1 is 1.09 bits per heavy atom. The number of carbonyl (C=O) groups excluding carboxylic acids is 1. The summed E-state index contributed by atoms with van der Waals surface area (Å²) in [5.41, 5.74) is 2.99. The summed E-state index contributed by atoms with van der Waals surface area (Å²) in [4.78, 5) is 12.5. The first-order valence-corrected chi connectivity index (χ1v) is 11.6. The highest BCUT2D eigenvalue weighted by atomic mass is 32.2. The molecule has 2 aromatic carbocycles. The van der Waals surface area contributed by atoms with E-state index in [1.54, 1.807) is 12.1 Å². The first-order chi connectivity index (χ1) is 15.2. The van der Waals surface area contributed by atoms with Gasteiger partial charge in [-0.2, -0.15) is 0 Å². The number of nitrogens with zero attached hydrogens (tertiary/aromatic N) is 3. The molecule has 1 atom stereocenters. The van der Waals surface area contributed by atoms with E-state index >= 15 is 0 Å². The third-order valence-corrected chi connectivity index (χ3v) is 5.59. The molecule has 0 radical (unpaired) electrons. The Morgan fingerprint density at radius 2 is 1.75 bits per heavy atom. The largest absolute Gasteiger partial charge is 0.483 e. The Balaban J connectivity index is 1.69. The number of benzene rings is 2. The monoisotopic (exact) mass is 456 g/mol. The predicted molar refractivity (Wildman–Crippen MR) is 126 cm³/mol. The molecule has 6 nitrogen and oxygen atoms in total. The summed E-state index contributed by atoms with van der Waals surface area (Å²) in [6, 6.07) is 11.8. The lowest BCUT2D eigenvalue weighted by atomic mass is 10.1. The van der Waals surface area contributed by atoms with Crippen molar-refractivity contribution in [1.82, 2.24) is 14.8 Å². The minimum absolute atomic E-state index is 0.101. The van der Waals surface area contributed by atoms with Crippen LogP contribution in [0.25, 0.3) is 0 Å². The maximum atomic E-state index is 13.2. The van der Waals surface area contributed by atoms with Gasteiger partial charge in [0.2, 0.25) is 5.91 Å². The first-order valence-electron chi connectivity index (χ1n) is 10.6. The number of thioether (sulfide) groups is 1. The van der Waals surface area contributed by atoms with Gasteiger partial charge in [-0.3, -0.25) is 4.79 Å². The zero-order valence-electron chi connectivity index (χ0n) is 19.1. The number of anilines is 1. The molecule has 0 aliphatic carbocycles. The van der Waals surface area contributed by atoms with Gasteiger partial charge >= 0.3 is 0 Å². The Kier molecular flexibility index (Phi) is 7.90. The molecule has 0 saturated heterocycles. The molecule has 3 rings (SSSR count). The van der Waals surface area contributed by atoms with Crippen molar-refractivity contribution in [3.8, 4) is 5.75 Å². The van der Waals surface area contributed by atoms with E-state index in [1.807, 2.05) is 37.5 Å². The molecule has 0 saturated carbocycles. The maximum absolute atomic E-state index is 13.2. The number of carbonyl (C=O) groups is 1. The van der Waals surface area contributed by atoms with E-state index in [2.05, 4.69) is 35.4 Å². The smallest absolute Gasteiger partial charge is 0.234 e. The summed E-state index contributed by atoms with van der Waals surface area (Å²) < 4.78 is 21.1. The van der Waals surface area contributed by atoms with Gasteiger partial charge in [0, 0.05) is 12.2 Å². The summed E-state index contributed by atoms with van der Waals surface area (Å²) >= 11 is 1.34. The van der Waals surface area contributed by atoms with Crippen LogP contribution in [0, 0.1) is 25.6 Å². The van der Waals surface area contributed by atoms with Crippen LogP contribution in [0.1, 0.15) is 43.8 Å². The molecule has 1 N–H and O–H groups in total. The second-order valence-electron chi connectivity index (χ2n) is 8.27. The number of ether oxygens (including phenoxy) is 1. The zero-order chi connectivity index (χ0) is 23.3. The number of aromatic nitrogens is 3. The molecule has 0 fully saturated rings. The van der Waals surface area contributed by atoms with Gasteiger partial charge in [0.1, 0.15) is 11.6 Å². The van der Waals surface area contributed by atoms with Gasteiger partial charge < -0.3 is 14.6 Å². The molecule has 0 aliphatic heterocycles. The SMILES string of the molecule is Cc1cc(C)cc(NC(=O)CSc2nnc(C(C)Oc3ccc(F)cc3)n2CC(C)C)c1. The van der Waals surface area contributed by atoms with E-state index in [0.717, 1.165) is 16.8 Å². The van der Waals surface area contributed by atoms with E-state index in [-0.39, 0.29) is 23.6 Å². The zero-order valence-corrected chi connectivity index (χ0v) is 19.9. The van der Waals surface area contributed by atoms with Gasteiger partial charge in [-0.25, -0.2) is 4.39 Å². The summed E-state index contributed by atoms with van der Waals surface area (Å²) in [6.45, 7) is 10.8. The van der Waals surface area contributed by atoms with Crippen LogP contribution in [0.3, 0.4) is 0 Å². The molecule has 32 heavy (non-hydrogen) atoms. The van der Waals surface area contributed by atoms with Crippen LogP contribution in [-0.4, -0.2) is 26.4 Å². The number of halogens is 1. The van der Waals surface area contributed by atoms with Crippen molar-refractivity contribution in [3.05, 3.63) is 65.2 Å². The lowest BCUT2D eigenvalue weighted by Crippen LogP contribution is -2.17. The molecule has 0 bridgehead atoms. The molecule has 8 heteroatoms. The number of hydrogen-bond donors (Lipinski definition) is 1. The Labute approximate surface area is 192 Å². The quantitative estimate of drug-likeness (QED) is 0.427. The predicted octanol–water partition coefficient (Wildman–Crippen LogP) is 5.56. The van der Waals surface area contributed by atoms with Gasteiger partial charge in [0.15, 0.2) is 17.1 Å². The van der Waals surface area contributed by atoms with Crippen molar-refractivity contribution in [2.75, 3.05) is 11.1 Å². The van der Waals surface area contributed by atoms with Gasteiger partial charge in [-0.15, -0.1) is 10.2 Å². The Morgan fingerprint density at radius 3 is 2.38 bits per heavy atom. The highest BCUT2D eigenvalue weighted by Crippen LogP contribution is 2.26.